The molecule has 1 saturated heterocycles. The van der Waals surface area contributed by atoms with Gasteiger partial charge in [0.05, 0.1) is 12.6 Å². The molecule has 1 unspecified atom stereocenters. The van der Waals surface area contributed by atoms with Gasteiger partial charge in [-0.05, 0) is 49.9 Å². The molecular formula is C17H21F2NO3. The van der Waals surface area contributed by atoms with Crippen LogP contribution in [0.2, 0.25) is 0 Å². The molecule has 1 aromatic carbocycles. The summed E-state index contributed by atoms with van der Waals surface area (Å²) < 4.78 is 36.4. The second-order valence-corrected chi connectivity index (χ2v) is 6.05. The van der Waals surface area contributed by atoms with Crippen LogP contribution in [0.3, 0.4) is 0 Å². The van der Waals surface area contributed by atoms with Gasteiger partial charge in [0, 0.05) is 18.2 Å². The van der Waals surface area contributed by atoms with E-state index < -0.39 is 13.0 Å². The van der Waals surface area contributed by atoms with E-state index in [9.17, 15) is 13.6 Å². The summed E-state index contributed by atoms with van der Waals surface area (Å²) in [5.41, 5.74) is 0.419. The van der Waals surface area contributed by atoms with Crippen LogP contribution in [-0.4, -0.2) is 49.1 Å². The van der Waals surface area contributed by atoms with Crippen molar-refractivity contribution in [1.82, 2.24) is 4.90 Å². The van der Waals surface area contributed by atoms with Gasteiger partial charge in [-0.25, -0.2) is 8.78 Å². The molecule has 6 heteroatoms. The van der Waals surface area contributed by atoms with E-state index in [1.165, 1.54) is 4.90 Å². The monoisotopic (exact) mass is 325 g/mol. The summed E-state index contributed by atoms with van der Waals surface area (Å²) in [6.07, 6.45) is 1.30. The van der Waals surface area contributed by atoms with Crippen LogP contribution in [0.1, 0.15) is 36.0 Å². The average Bonchev–Trinajstić information content (AvgIpc) is 3.26. The Morgan fingerprint density at radius 2 is 2.00 bits per heavy atom. The standard InChI is InChI=1S/C17H21F2NO3/c18-16(19)10-20(13-5-6-13)17(21)12-3-7-14(8-4-12)23-11-15-2-1-9-22-15/h3-4,7-8,13,15-16H,1-2,5-6,9-11H2. The van der Waals surface area contributed by atoms with E-state index in [4.69, 9.17) is 9.47 Å². The van der Waals surface area contributed by atoms with Crippen LogP contribution in [-0.2, 0) is 4.74 Å². The fourth-order valence-electron chi connectivity index (χ4n) is 2.76. The number of rotatable bonds is 7. The fourth-order valence-corrected chi connectivity index (χ4v) is 2.76. The van der Waals surface area contributed by atoms with Gasteiger partial charge < -0.3 is 14.4 Å². The molecule has 2 aliphatic rings. The number of ether oxygens (including phenoxy) is 2. The van der Waals surface area contributed by atoms with Crippen molar-refractivity contribution in [2.24, 2.45) is 0 Å². The van der Waals surface area contributed by atoms with Crippen molar-refractivity contribution in [3.63, 3.8) is 0 Å². The number of carbonyl (C=O) groups is 1. The lowest BCUT2D eigenvalue weighted by Crippen LogP contribution is -2.36. The zero-order chi connectivity index (χ0) is 16.2. The van der Waals surface area contributed by atoms with Crippen molar-refractivity contribution in [3.8, 4) is 5.75 Å². The number of halogens is 2. The van der Waals surface area contributed by atoms with Crippen LogP contribution in [0.15, 0.2) is 24.3 Å². The van der Waals surface area contributed by atoms with E-state index in [2.05, 4.69) is 0 Å². The molecule has 0 radical (unpaired) electrons. The van der Waals surface area contributed by atoms with Gasteiger partial charge in [-0.1, -0.05) is 0 Å². The maximum Gasteiger partial charge on any atom is 0.255 e. The first-order chi connectivity index (χ1) is 11.1. The topological polar surface area (TPSA) is 38.8 Å². The van der Waals surface area contributed by atoms with Crippen LogP contribution in [0.5, 0.6) is 5.75 Å². The summed E-state index contributed by atoms with van der Waals surface area (Å²) >= 11 is 0. The molecule has 1 aliphatic heterocycles. The molecule has 1 atom stereocenters. The quantitative estimate of drug-likeness (QED) is 0.773. The lowest BCUT2D eigenvalue weighted by molar-refractivity contribution is 0.0534. The lowest BCUT2D eigenvalue weighted by atomic mass is 10.2. The largest absolute Gasteiger partial charge is 0.491 e. The van der Waals surface area contributed by atoms with Crippen LogP contribution in [0.25, 0.3) is 0 Å². The third-order valence-electron chi connectivity index (χ3n) is 4.14. The molecule has 2 fully saturated rings. The number of amides is 1. The highest BCUT2D eigenvalue weighted by Crippen LogP contribution is 2.29. The van der Waals surface area contributed by atoms with Crippen molar-refractivity contribution in [3.05, 3.63) is 29.8 Å². The molecule has 4 nitrogen and oxygen atoms in total. The highest BCUT2D eigenvalue weighted by atomic mass is 19.3. The molecule has 23 heavy (non-hydrogen) atoms. The minimum atomic E-state index is -2.51. The Morgan fingerprint density at radius 3 is 2.57 bits per heavy atom. The van der Waals surface area contributed by atoms with E-state index in [-0.39, 0.29) is 18.1 Å². The normalized spacial score (nSPS) is 20.7. The van der Waals surface area contributed by atoms with E-state index in [0.717, 1.165) is 32.3 Å². The van der Waals surface area contributed by atoms with E-state index in [1.807, 2.05) is 0 Å². The molecule has 0 aromatic heterocycles. The number of hydrogen-bond acceptors (Lipinski definition) is 3. The van der Waals surface area contributed by atoms with Gasteiger partial charge in [0.1, 0.15) is 12.4 Å². The Bertz CT molecular complexity index is 525. The highest BCUT2D eigenvalue weighted by Gasteiger charge is 2.34. The first-order valence-corrected chi connectivity index (χ1v) is 8.07. The zero-order valence-corrected chi connectivity index (χ0v) is 12.9. The van der Waals surface area contributed by atoms with Gasteiger partial charge in [0.15, 0.2) is 0 Å². The number of nitrogens with zero attached hydrogens (tertiary/aromatic N) is 1. The van der Waals surface area contributed by atoms with E-state index >= 15 is 0 Å². The molecule has 1 amide bonds. The van der Waals surface area contributed by atoms with Gasteiger partial charge in [0.2, 0.25) is 0 Å². The second kappa shape index (κ2) is 7.25. The van der Waals surface area contributed by atoms with Crippen LogP contribution in [0.4, 0.5) is 8.78 Å². The Labute approximate surface area is 134 Å². The first kappa shape index (κ1) is 16.2. The summed E-state index contributed by atoms with van der Waals surface area (Å²) in [5, 5.41) is 0. The van der Waals surface area contributed by atoms with E-state index in [0.29, 0.717) is 17.9 Å². The van der Waals surface area contributed by atoms with Crippen LogP contribution < -0.4 is 4.74 Å². The predicted molar refractivity (Wildman–Crippen MR) is 81.0 cm³/mol. The fraction of sp³-hybridized carbons (Fsp3) is 0.588. The van der Waals surface area contributed by atoms with E-state index in [1.54, 1.807) is 24.3 Å². The molecule has 1 heterocycles. The smallest absolute Gasteiger partial charge is 0.255 e. The molecule has 1 saturated carbocycles. The Balaban J connectivity index is 1.57. The maximum absolute atomic E-state index is 12.6. The second-order valence-electron chi connectivity index (χ2n) is 6.05. The molecule has 0 N–H and O–H groups in total. The number of hydrogen-bond donors (Lipinski definition) is 0. The third-order valence-corrected chi connectivity index (χ3v) is 4.14. The summed E-state index contributed by atoms with van der Waals surface area (Å²) in [4.78, 5) is 13.7. The van der Waals surface area contributed by atoms with Crippen LogP contribution >= 0.6 is 0 Å². The third kappa shape index (κ3) is 4.41. The molecular weight excluding hydrogens is 304 g/mol. The Kier molecular flexibility index (Phi) is 5.10. The van der Waals surface area contributed by atoms with Crippen molar-refractivity contribution in [2.75, 3.05) is 19.8 Å². The summed E-state index contributed by atoms with van der Waals surface area (Å²) in [6.45, 7) is 0.774. The molecule has 0 spiro atoms. The van der Waals surface area contributed by atoms with Crippen molar-refractivity contribution < 1.29 is 23.0 Å². The van der Waals surface area contributed by atoms with Crippen molar-refractivity contribution >= 4 is 5.91 Å². The summed E-state index contributed by atoms with van der Waals surface area (Å²) in [5.74, 6) is 0.322. The Morgan fingerprint density at radius 1 is 1.26 bits per heavy atom. The number of carbonyl (C=O) groups excluding carboxylic acids is 1. The molecule has 1 aromatic rings. The van der Waals surface area contributed by atoms with Gasteiger partial charge in [0.25, 0.3) is 12.3 Å². The van der Waals surface area contributed by atoms with Gasteiger partial charge in [-0.15, -0.1) is 0 Å². The van der Waals surface area contributed by atoms with Gasteiger partial charge in [-0.2, -0.15) is 0 Å². The van der Waals surface area contributed by atoms with Crippen molar-refractivity contribution in [1.29, 1.82) is 0 Å². The summed E-state index contributed by atoms with van der Waals surface area (Å²) in [6, 6.07) is 6.64. The average molecular weight is 325 g/mol. The zero-order valence-electron chi connectivity index (χ0n) is 12.9. The van der Waals surface area contributed by atoms with Crippen LogP contribution in [0, 0.1) is 0 Å². The van der Waals surface area contributed by atoms with Gasteiger partial charge >= 0.3 is 0 Å². The Hall–Kier alpha value is -1.69. The highest BCUT2D eigenvalue weighted by molar-refractivity contribution is 5.94. The van der Waals surface area contributed by atoms with Crippen molar-refractivity contribution in [2.45, 2.75) is 44.3 Å². The van der Waals surface area contributed by atoms with Gasteiger partial charge in [-0.3, -0.25) is 4.79 Å². The first-order valence-electron chi connectivity index (χ1n) is 8.07. The molecule has 0 bridgehead atoms. The lowest BCUT2D eigenvalue weighted by Gasteiger charge is -2.22. The molecule has 126 valence electrons. The predicted octanol–water partition coefficient (Wildman–Crippen LogP) is 3.11. The molecule has 1 aliphatic carbocycles. The minimum absolute atomic E-state index is 0.0352. The number of benzene rings is 1. The maximum atomic E-state index is 12.6. The SMILES string of the molecule is O=C(c1ccc(OCC2CCCO2)cc1)N(CC(F)F)C1CC1. The number of alkyl halides is 2. The summed E-state index contributed by atoms with van der Waals surface area (Å²) in [7, 11) is 0. The molecule has 3 rings (SSSR count). The minimum Gasteiger partial charge on any atom is -0.491 e.